The Bertz CT molecular complexity index is 1340. The normalized spacial score (nSPS) is 11.2. The molecule has 0 saturated heterocycles. The highest BCUT2D eigenvalue weighted by molar-refractivity contribution is 6.35. The molecule has 0 aliphatic rings. The third-order valence-electron chi connectivity index (χ3n) is 5.14. The number of allylic oxidation sites excluding steroid dienone is 1. The van der Waals surface area contributed by atoms with Crippen molar-refractivity contribution in [3.05, 3.63) is 106 Å². The molecule has 0 radical (unpaired) electrons. The largest absolute Gasteiger partial charge is 0.497 e. The summed E-state index contributed by atoms with van der Waals surface area (Å²) in [5, 5.41) is 13.1. The van der Waals surface area contributed by atoms with Crippen molar-refractivity contribution >= 4 is 45.6 Å². The molecule has 4 aromatic rings. The van der Waals surface area contributed by atoms with Crippen molar-refractivity contribution in [2.24, 2.45) is 0 Å². The van der Waals surface area contributed by atoms with Crippen molar-refractivity contribution in [3.8, 4) is 17.6 Å². The summed E-state index contributed by atoms with van der Waals surface area (Å²) in [7, 11) is 1.61. The van der Waals surface area contributed by atoms with Gasteiger partial charge in [0.15, 0.2) is 0 Å². The summed E-state index contributed by atoms with van der Waals surface area (Å²) in [5.74, 6) is 1.40. The number of benzene rings is 4. The fraction of sp³-hybridized carbons (Fsp3) is 0.0741. The van der Waals surface area contributed by atoms with Gasteiger partial charge in [-0.15, -0.1) is 0 Å². The number of nitrogens with zero attached hydrogens (tertiary/aromatic N) is 1. The topological polar surface area (TPSA) is 42.2 Å². The molecule has 5 heteroatoms. The molecule has 0 aromatic heterocycles. The molecule has 0 spiro atoms. The van der Waals surface area contributed by atoms with E-state index in [4.69, 9.17) is 32.7 Å². The lowest BCUT2D eigenvalue weighted by Gasteiger charge is -2.14. The molecule has 0 heterocycles. The molecule has 0 aliphatic heterocycles. The smallest absolute Gasteiger partial charge is 0.127 e. The van der Waals surface area contributed by atoms with E-state index in [-0.39, 0.29) is 6.61 Å². The maximum atomic E-state index is 9.88. The predicted octanol–water partition coefficient (Wildman–Crippen LogP) is 7.80. The van der Waals surface area contributed by atoms with Crippen molar-refractivity contribution in [2.45, 2.75) is 6.61 Å². The number of hydrogen-bond donors (Lipinski definition) is 0. The van der Waals surface area contributed by atoms with Crippen LogP contribution in [0.5, 0.6) is 11.5 Å². The van der Waals surface area contributed by atoms with E-state index in [2.05, 4.69) is 6.07 Å². The molecule has 32 heavy (non-hydrogen) atoms. The van der Waals surface area contributed by atoms with Gasteiger partial charge in [-0.3, -0.25) is 0 Å². The lowest BCUT2D eigenvalue weighted by atomic mass is 9.98. The van der Waals surface area contributed by atoms with Crippen LogP contribution in [0.2, 0.25) is 10.0 Å². The molecular formula is C27H19Cl2NO2. The van der Waals surface area contributed by atoms with E-state index in [1.165, 1.54) is 0 Å². The number of methoxy groups -OCH3 is 1. The van der Waals surface area contributed by atoms with Crippen molar-refractivity contribution in [1.29, 1.82) is 5.26 Å². The molecule has 0 saturated carbocycles. The van der Waals surface area contributed by atoms with Gasteiger partial charge in [-0.05, 0) is 64.9 Å². The molecule has 0 fully saturated rings. The van der Waals surface area contributed by atoms with Gasteiger partial charge in [0.2, 0.25) is 0 Å². The second-order valence-corrected chi connectivity index (χ2v) is 7.96. The van der Waals surface area contributed by atoms with Crippen LogP contribution in [0, 0.1) is 11.3 Å². The van der Waals surface area contributed by atoms with Gasteiger partial charge < -0.3 is 9.47 Å². The molecule has 0 aliphatic carbocycles. The molecule has 0 amide bonds. The van der Waals surface area contributed by atoms with Crippen LogP contribution in [0.15, 0.2) is 78.9 Å². The highest BCUT2D eigenvalue weighted by Gasteiger charge is 2.11. The third kappa shape index (κ3) is 4.73. The summed E-state index contributed by atoms with van der Waals surface area (Å²) in [6, 6.07) is 27.0. The van der Waals surface area contributed by atoms with Crippen molar-refractivity contribution in [2.75, 3.05) is 7.11 Å². The molecular weight excluding hydrogens is 441 g/mol. The monoisotopic (exact) mass is 459 g/mol. The van der Waals surface area contributed by atoms with Gasteiger partial charge in [-0.2, -0.15) is 5.26 Å². The van der Waals surface area contributed by atoms with Crippen LogP contribution in [0.25, 0.3) is 22.4 Å². The second-order valence-electron chi connectivity index (χ2n) is 7.12. The first-order valence-electron chi connectivity index (χ1n) is 9.94. The third-order valence-corrected chi connectivity index (χ3v) is 5.73. The average molecular weight is 460 g/mol. The van der Waals surface area contributed by atoms with Crippen LogP contribution in [-0.2, 0) is 6.61 Å². The maximum Gasteiger partial charge on any atom is 0.127 e. The van der Waals surface area contributed by atoms with E-state index >= 15 is 0 Å². The number of hydrogen-bond acceptors (Lipinski definition) is 3. The molecule has 0 N–H and O–H groups in total. The fourth-order valence-corrected chi connectivity index (χ4v) is 3.90. The zero-order valence-corrected chi connectivity index (χ0v) is 18.8. The van der Waals surface area contributed by atoms with Crippen LogP contribution in [0.4, 0.5) is 0 Å². The number of nitriles is 1. The summed E-state index contributed by atoms with van der Waals surface area (Å²) >= 11 is 12.3. The van der Waals surface area contributed by atoms with Gasteiger partial charge in [0, 0.05) is 21.2 Å². The van der Waals surface area contributed by atoms with Crippen molar-refractivity contribution < 1.29 is 9.47 Å². The standard InChI is InChI=1S/C27H19Cl2NO2/c1-31-23-11-7-18(8-12-23)21(16-30)14-25-24-5-3-2-4-19(24)9-13-27(25)32-17-20-6-10-22(28)15-26(20)29/h2-15H,17H2,1H3/b21-14+. The van der Waals surface area contributed by atoms with E-state index in [0.717, 1.165) is 33.2 Å². The number of rotatable bonds is 6. The Morgan fingerprint density at radius 1 is 0.969 bits per heavy atom. The minimum Gasteiger partial charge on any atom is -0.497 e. The molecule has 4 aromatic carbocycles. The van der Waals surface area contributed by atoms with E-state index < -0.39 is 0 Å². The lowest BCUT2D eigenvalue weighted by molar-refractivity contribution is 0.306. The minimum absolute atomic E-state index is 0.277. The first-order valence-corrected chi connectivity index (χ1v) is 10.7. The van der Waals surface area contributed by atoms with Crippen molar-refractivity contribution in [1.82, 2.24) is 0 Å². The zero-order valence-electron chi connectivity index (χ0n) is 17.3. The lowest BCUT2D eigenvalue weighted by Crippen LogP contribution is -1.99. The van der Waals surface area contributed by atoms with Gasteiger partial charge in [0.1, 0.15) is 18.1 Å². The molecule has 158 valence electrons. The summed E-state index contributed by atoms with van der Waals surface area (Å²) in [4.78, 5) is 0. The molecule has 4 rings (SSSR count). The number of ether oxygens (including phenoxy) is 2. The quantitative estimate of drug-likeness (QED) is 0.218. The predicted molar refractivity (Wildman–Crippen MR) is 131 cm³/mol. The molecule has 0 bridgehead atoms. The Morgan fingerprint density at radius 2 is 1.75 bits per heavy atom. The number of fused-ring (bicyclic) bond motifs is 1. The first-order chi connectivity index (χ1) is 15.6. The SMILES string of the molecule is COc1ccc(/C(C#N)=C/c2c(OCc3ccc(Cl)cc3Cl)ccc3ccccc23)cc1. The summed E-state index contributed by atoms with van der Waals surface area (Å²) < 4.78 is 11.4. The Balaban J connectivity index is 1.77. The average Bonchev–Trinajstić information content (AvgIpc) is 2.82. The van der Waals surface area contributed by atoms with E-state index in [1.807, 2.05) is 72.8 Å². The van der Waals surface area contributed by atoms with Gasteiger partial charge in [0.25, 0.3) is 0 Å². The van der Waals surface area contributed by atoms with Crippen LogP contribution in [0.1, 0.15) is 16.7 Å². The van der Waals surface area contributed by atoms with E-state index in [9.17, 15) is 5.26 Å². The molecule has 0 atom stereocenters. The Labute approximate surface area is 197 Å². The van der Waals surface area contributed by atoms with E-state index in [0.29, 0.717) is 21.4 Å². The maximum absolute atomic E-state index is 9.88. The summed E-state index contributed by atoms with van der Waals surface area (Å²) in [6.45, 7) is 0.277. The highest BCUT2D eigenvalue weighted by atomic mass is 35.5. The molecule has 0 unspecified atom stereocenters. The Morgan fingerprint density at radius 3 is 2.47 bits per heavy atom. The zero-order chi connectivity index (χ0) is 22.5. The van der Waals surface area contributed by atoms with Crippen LogP contribution < -0.4 is 9.47 Å². The summed E-state index contributed by atoms with van der Waals surface area (Å²) in [5.41, 5.74) is 2.99. The summed E-state index contributed by atoms with van der Waals surface area (Å²) in [6.07, 6.45) is 1.86. The van der Waals surface area contributed by atoms with Crippen LogP contribution in [-0.4, -0.2) is 7.11 Å². The Hall–Kier alpha value is -3.45. The number of halogens is 2. The Kier molecular flexibility index (Phi) is 6.66. The first kappa shape index (κ1) is 21.8. The minimum atomic E-state index is 0.277. The van der Waals surface area contributed by atoms with Gasteiger partial charge in [-0.25, -0.2) is 0 Å². The second kappa shape index (κ2) is 9.78. The van der Waals surface area contributed by atoms with Gasteiger partial charge >= 0.3 is 0 Å². The van der Waals surface area contributed by atoms with Crippen LogP contribution >= 0.6 is 23.2 Å². The van der Waals surface area contributed by atoms with Crippen molar-refractivity contribution in [3.63, 3.8) is 0 Å². The molecule has 3 nitrogen and oxygen atoms in total. The van der Waals surface area contributed by atoms with Gasteiger partial charge in [-0.1, -0.05) is 59.6 Å². The fourth-order valence-electron chi connectivity index (χ4n) is 3.44. The van der Waals surface area contributed by atoms with Crippen LogP contribution in [0.3, 0.4) is 0 Å². The highest BCUT2D eigenvalue weighted by Crippen LogP contribution is 2.33. The van der Waals surface area contributed by atoms with Gasteiger partial charge in [0.05, 0.1) is 18.8 Å². The van der Waals surface area contributed by atoms with E-state index in [1.54, 1.807) is 19.2 Å².